The Morgan fingerprint density at radius 1 is 0.475 bits per heavy atom. The number of rotatable bonds is 15. The summed E-state index contributed by atoms with van der Waals surface area (Å²) in [5.74, 6) is -3.43. The first kappa shape index (κ1) is 29.6. The van der Waals surface area contributed by atoms with Gasteiger partial charge in [-0.1, -0.05) is 91.0 Å². The monoisotopic (exact) mass is 542 g/mol. The summed E-state index contributed by atoms with van der Waals surface area (Å²) in [6, 6.07) is 25.8. The molecule has 0 spiro atoms. The Labute approximate surface area is 231 Å². The number of aliphatic carboxylic acids is 3. The number of hydrogen-bond donors (Lipinski definition) is 3. The van der Waals surface area contributed by atoms with Gasteiger partial charge in [0.2, 0.25) is 0 Å². The first-order valence-electron chi connectivity index (χ1n) is 12.6. The standard InChI is InChI=1S/C30H30N4O6/c35-28(36)25(22-10-4-1-5-11-22)31-16-19-34(20-17-32-26(29(37)38)23-12-6-2-7-13-23)21-18-33-27(30(39)40)24-14-8-3-9-15-24/h1-15H,16-21H2,(H,35,36)(H,37,38)(H,39,40). The zero-order valence-corrected chi connectivity index (χ0v) is 21.8. The van der Waals surface area contributed by atoms with Gasteiger partial charge >= 0.3 is 17.9 Å². The van der Waals surface area contributed by atoms with Gasteiger partial charge in [-0.15, -0.1) is 0 Å². The van der Waals surface area contributed by atoms with Gasteiger partial charge in [-0.3, -0.25) is 19.9 Å². The fourth-order valence-corrected chi connectivity index (χ4v) is 3.88. The maximum atomic E-state index is 11.8. The average Bonchev–Trinajstić information content (AvgIpc) is 2.96. The Bertz CT molecular complexity index is 1200. The van der Waals surface area contributed by atoms with E-state index in [4.69, 9.17) is 0 Å². The predicted octanol–water partition coefficient (Wildman–Crippen LogP) is 3.01. The van der Waals surface area contributed by atoms with Crippen LogP contribution < -0.4 is 0 Å². The summed E-state index contributed by atoms with van der Waals surface area (Å²) in [6.07, 6.45) is 0. The Hall–Kier alpha value is -4.96. The zero-order valence-electron chi connectivity index (χ0n) is 21.8. The summed E-state index contributed by atoms with van der Waals surface area (Å²) in [6.45, 7) is 1.44. The summed E-state index contributed by atoms with van der Waals surface area (Å²) in [4.78, 5) is 50.1. The van der Waals surface area contributed by atoms with E-state index in [1.807, 2.05) is 4.90 Å². The van der Waals surface area contributed by atoms with Crippen LogP contribution in [0.4, 0.5) is 0 Å². The SMILES string of the molecule is O=C(O)C(=NCCN(CCN=C(C(=O)O)c1ccccc1)CCN=C(C(=O)O)c1ccccc1)c1ccccc1. The van der Waals surface area contributed by atoms with E-state index in [-0.39, 0.29) is 36.8 Å². The van der Waals surface area contributed by atoms with Gasteiger partial charge < -0.3 is 15.3 Å². The quantitative estimate of drug-likeness (QED) is 0.250. The molecule has 0 saturated heterocycles. The summed E-state index contributed by atoms with van der Waals surface area (Å²) in [7, 11) is 0. The Kier molecular flexibility index (Phi) is 11.4. The summed E-state index contributed by atoms with van der Waals surface area (Å²) in [5.41, 5.74) is 1.26. The van der Waals surface area contributed by atoms with Crippen molar-refractivity contribution in [3.63, 3.8) is 0 Å². The molecular formula is C30H30N4O6. The second-order valence-electron chi connectivity index (χ2n) is 8.55. The smallest absolute Gasteiger partial charge is 0.354 e. The highest BCUT2D eigenvalue weighted by molar-refractivity contribution is 6.43. The van der Waals surface area contributed by atoms with Gasteiger partial charge in [0.1, 0.15) is 17.1 Å². The largest absolute Gasteiger partial charge is 0.477 e. The molecule has 0 aliphatic heterocycles. The second-order valence-corrected chi connectivity index (χ2v) is 8.55. The molecule has 0 aliphatic carbocycles. The van der Waals surface area contributed by atoms with E-state index in [1.165, 1.54) is 0 Å². The lowest BCUT2D eigenvalue weighted by atomic mass is 10.1. The van der Waals surface area contributed by atoms with Crippen LogP contribution in [0.2, 0.25) is 0 Å². The predicted molar refractivity (Wildman–Crippen MR) is 153 cm³/mol. The molecule has 0 fully saturated rings. The number of carbonyl (C=O) groups is 3. The zero-order chi connectivity index (χ0) is 28.7. The third-order valence-electron chi connectivity index (χ3n) is 5.81. The van der Waals surface area contributed by atoms with Crippen molar-refractivity contribution in [2.45, 2.75) is 0 Å². The van der Waals surface area contributed by atoms with Crippen molar-refractivity contribution >= 4 is 35.0 Å². The Balaban J connectivity index is 1.76. The molecule has 3 aromatic rings. The van der Waals surface area contributed by atoms with E-state index >= 15 is 0 Å². The van der Waals surface area contributed by atoms with Crippen LogP contribution >= 0.6 is 0 Å². The van der Waals surface area contributed by atoms with Crippen LogP contribution in [0.5, 0.6) is 0 Å². The normalized spacial score (nSPS) is 12.4. The van der Waals surface area contributed by atoms with Gasteiger partial charge in [0.05, 0.1) is 19.6 Å². The van der Waals surface area contributed by atoms with Crippen molar-refractivity contribution in [3.05, 3.63) is 108 Å². The van der Waals surface area contributed by atoms with Gasteiger partial charge in [0, 0.05) is 36.3 Å². The lowest BCUT2D eigenvalue weighted by molar-refractivity contribution is -0.130. The molecule has 40 heavy (non-hydrogen) atoms. The fourth-order valence-electron chi connectivity index (χ4n) is 3.88. The lowest BCUT2D eigenvalue weighted by Gasteiger charge is -2.20. The van der Waals surface area contributed by atoms with Crippen molar-refractivity contribution < 1.29 is 29.7 Å². The molecule has 3 rings (SSSR count). The van der Waals surface area contributed by atoms with Crippen LogP contribution in [0.15, 0.2) is 106 Å². The number of carboxylic acid groups (broad SMARTS) is 3. The van der Waals surface area contributed by atoms with E-state index in [0.29, 0.717) is 36.3 Å². The van der Waals surface area contributed by atoms with E-state index in [2.05, 4.69) is 15.0 Å². The molecule has 3 N–H and O–H groups in total. The minimum absolute atomic E-state index is 0.0638. The summed E-state index contributed by atoms with van der Waals surface area (Å²) in [5, 5.41) is 28.9. The molecule has 0 aromatic heterocycles. The maximum Gasteiger partial charge on any atom is 0.354 e. The topological polar surface area (TPSA) is 152 Å². The van der Waals surface area contributed by atoms with E-state index in [1.54, 1.807) is 91.0 Å². The van der Waals surface area contributed by atoms with Gasteiger partial charge in [-0.25, -0.2) is 14.4 Å². The highest BCUT2D eigenvalue weighted by Gasteiger charge is 2.15. The first-order valence-corrected chi connectivity index (χ1v) is 12.6. The molecular weight excluding hydrogens is 512 g/mol. The second kappa shape index (κ2) is 15.5. The minimum atomic E-state index is -1.14. The van der Waals surface area contributed by atoms with Gasteiger partial charge in [0.15, 0.2) is 0 Å². The molecule has 0 atom stereocenters. The molecule has 0 heterocycles. The van der Waals surface area contributed by atoms with Crippen LogP contribution in [0.3, 0.4) is 0 Å². The van der Waals surface area contributed by atoms with E-state index in [0.717, 1.165) is 0 Å². The molecule has 0 aliphatic rings. The van der Waals surface area contributed by atoms with Crippen molar-refractivity contribution in [1.82, 2.24) is 4.90 Å². The van der Waals surface area contributed by atoms with Crippen molar-refractivity contribution in [1.29, 1.82) is 0 Å². The number of benzene rings is 3. The summed E-state index contributed by atoms with van der Waals surface area (Å²) >= 11 is 0. The molecule has 0 radical (unpaired) electrons. The van der Waals surface area contributed by atoms with E-state index in [9.17, 15) is 29.7 Å². The molecule has 206 valence electrons. The third kappa shape index (κ3) is 9.10. The highest BCUT2D eigenvalue weighted by atomic mass is 16.4. The van der Waals surface area contributed by atoms with Crippen LogP contribution in [0, 0.1) is 0 Å². The van der Waals surface area contributed by atoms with Gasteiger partial charge in [-0.05, 0) is 0 Å². The van der Waals surface area contributed by atoms with Crippen LogP contribution in [0.1, 0.15) is 16.7 Å². The number of nitrogens with zero attached hydrogens (tertiary/aromatic N) is 4. The molecule has 0 saturated carbocycles. The summed E-state index contributed by atoms with van der Waals surface area (Å²) < 4.78 is 0. The number of hydrogen-bond acceptors (Lipinski definition) is 7. The molecule has 0 unspecified atom stereocenters. The molecule has 10 nitrogen and oxygen atoms in total. The minimum Gasteiger partial charge on any atom is -0.477 e. The lowest BCUT2D eigenvalue weighted by Crippen LogP contribution is -2.33. The van der Waals surface area contributed by atoms with Crippen LogP contribution in [-0.4, -0.2) is 94.5 Å². The number of aliphatic imine (C=N–C) groups is 3. The Morgan fingerprint density at radius 2 is 0.725 bits per heavy atom. The molecule has 0 bridgehead atoms. The van der Waals surface area contributed by atoms with Crippen molar-refractivity contribution in [3.8, 4) is 0 Å². The molecule has 10 heteroatoms. The molecule has 0 amide bonds. The van der Waals surface area contributed by atoms with E-state index < -0.39 is 17.9 Å². The number of carboxylic acids is 3. The average molecular weight is 543 g/mol. The van der Waals surface area contributed by atoms with Crippen LogP contribution in [-0.2, 0) is 14.4 Å². The van der Waals surface area contributed by atoms with Crippen molar-refractivity contribution in [2.24, 2.45) is 15.0 Å². The first-order chi connectivity index (χ1) is 19.4. The van der Waals surface area contributed by atoms with Gasteiger partial charge in [0.25, 0.3) is 0 Å². The molecule has 3 aromatic carbocycles. The Morgan fingerprint density at radius 3 is 0.950 bits per heavy atom. The van der Waals surface area contributed by atoms with Gasteiger partial charge in [-0.2, -0.15) is 0 Å². The van der Waals surface area contributed by atoms with Crippen molar-refractivity contribution in [2.75, 3.05) is 39.3 Å². The highest BCUT2D eigenvalue weighted by Crippen LogP contribution is 2.05. The fraction of sp³-hybridized carbons (Fsp3) is 0.200. The van der Waals surface area contributed by atoms with Crippen LogP contribution in [0.25, 0.3) is 0 Å². The maximum absolute atomic E-state index is 11.8. The third-order valence-corrected chi connectivity index (χ3v) is 5.81.